The zero-order valence-electron chi connectivity index (χ0n) is 12.3. The molecule has 3 unspecified atom stereocenters. The van der Waals surface area contributed by atoms with Crippen LogP contribution in [0, 0.1) is 16.6 Å². The molecule has 1 heterocycles. The van der Waals surface area contributed by atoms with Crippen LogP contribution in [-0.2, 0) is 5.41 Å². The van der Waals surface area contributed by atoms with Crippen molar-refractivity contribution in [2.24, 2.45) is 11.8 Å². The molecule has 3 atom stereocenters. The Kier molecular flexibility index (Phi) is 3.72. The van der Waals surface area contributed by atoms with Gasteiger partial charge < -0.3 is 9.55 Å². The lowest BCUT2D eigenvalue weighted by atomic mass is 9.77. The number of imidazole rings is 1. The van der Waals surface area contributed by atoms with Gasteiger partial charge in [-0.3, -0.25) is 0 Å². The summed E-state index contributed by atoms with van der Waals surface area (Å²) >= 11 is 5.52. The Labute approximate surface area is 116 Å². The smallest absolute Gasteiger partial charge is 0.177 e. The summed E-state index contributed by atoms with van der Waals surface area (Å²) in [6.07, 6.45) is 6.06. The molecule has 1 aromatic rings. The van der Waals surface area contributed by atoms with Gasteiger partial charge in [-0.15, -0.1) is 0 Å². The molecule has 1 aliphatic rings. The number of nitrogens with zero attached hydrogens (tertiary/aromatic N) is 1. The first-order chi connectivity index (χ1) is 8.32. The van der Waals surface area contributed by atoms with Gasteiger partial charge in [0.2, 0.25) is 0 Å². The van der Waals surface area contributed by atoms with Gasteiger partial charge >= 0.3 is 0 Å². The number of rotatable bonds is 1. The maximum absolute atomic E-state index is 5.52. The van der Waals surface area contributed by atoms with E-state index < -0.39 is 0 Å². The van der Waals surface area contributed by atoms with Crippen LogP contribution in [0.25, 0.3) is 0 Å². The van der Waals surface area contributed by atoms with Gasteiger partial charge in [-0.1, -0.05) is 47.5 Å². The van der Waals surface area contributed by atoms with Crippen molar-refractivity contribution in [3.05, 3.63) is 16.7 Å². The van der Waals surface area contributed by atoms with Crippen LogP contribution in [0.15, 0.2) is 6.20 Å². The van der Waals surface area contributed by atoms with Gasteiger partial charge in [-0.2, -0.15) is 0 Å². The Bertz CT molecular complexity index is 464. The lowest BCUT2D eigenvalue weighted by Crippen LogP contribution is -2.30. The minimum absolute atomic E-state index is 0.147. The number of nitrogens with one attached hydrogen (secondary N) is 1. The first-order valence-electron chi connectivity index (χ1n) is 7.12. The molecule has 1 saturated carbocycles. The van der Waals surface area contributed by atoms with E-state index in [0.717, 1.165) is 10.7 Å². The highest BCUT2D eigenvalue weighted by molar-refractivity contribution is 7.71. The highest BCUT2D eigenvalue weighted by atomic mass is 32.1. The normalized spacial score (nSPS) is 29.5. The summed E-state index contributed by atoms with van der Waals surface area (Å²) in [5.41, 5.74) is 1.49. The fourth-order valence-corrected chi connectivity index (χ4v) is 3.50. The maximum Gasteiger partial charge on any atom is 0.177 e. The standard InChI is InChI=1S/C15H26N2S/c1-10-7-6-8-12(11(10)2)17-13(15(3,4)5)9-16-14(17)18/h9-12H,6-8H2,1-5H3,(H,16,18). The van der Waals surface area contributed by atoms with Crippen molar-refractivity contribution in [3.63, 3.8) is 0 Å². The minimum Gasteiger partial charge on any atom is -0.337 e. The van der Waals surface area contributed by atoms with Crippen molar-refractivity contribution in [2.75, 3.05) is 0 Å². The predicted octanol–water partition coefficient (Wildman–Crippen LogP) is 4.84. The third-order valence-corrected chi connectivity index (χ3v) is 4.89. The highest BCUT2D eigenvalue weighted by Crippen LogP contribution is 2.40. The fourth-order valence-electron chi connectivity index (χ4n) is 3.20. The molecule has 2 nitrogen and oxygen atoms in total. The third kappa shape index (κ3) is 2.42. The average Bonchev–Trinajstić information content (AvgIpc) is 2.64. The molecule has 2 rings (SSSR count). The van der Waals surface area contributed by atoms with Crippen molar-refractivity contribution in [3.8, 4) is 0 Å². The summed E-state index contributed by atoms with van der Waals surface area (Å²) in [5.74, 6) is 1.51. The van der Waals surface area contributed by atoms with Gasteiger partial charge in [0.25, 0.3) is 0 Å². The molecular formula is C15H26N2S. The molecule has 0 aliphatic heterocycles. The summed E-state index contributed by atoms with van der Waals surface area (Å²) in [5, 5.41) is 0. The second-order valence-corrected chi connectivity index (χ2v) is 7.32. The van der Waals surface area contributed by atoms with Crippen LogP contribution in [0.1, 0.15) is 65.6 Å². The Balaban J connectivity index is 2.44. The van der Waals surface area contributed by atoms with Crippen LogP contribution in [0.4, 0.5) is 0 Å². The molecule has 102 valence electrons. The van der Waals surface area contributed by atoms with Gasteiger partial charge in [0.1, 0.15) is 0 Å². The zero-order valence-corrected chi connectivity index (χ0v) is 13.1. The number of aromatic nitrogens is 2. The third-order valence-electron chi connectivity index (χ3n) is 4.57. The number of hydrogen-bond donors (Lipinski definition) is 1. The number of aromatic amines is 1. The molecule has 0 bridgehead atoms. The first-order valence-corrected chi connectivity index (χ1v) is 7.53. The molecule has 0 spiro atoms. The molecular weight excluding hydrogens is 240 g/mol. The summed E-state index contributed by atoms with van der Waals surface area (Å²) in [6.45, 7) is 11.6. The summed E-state index contributed by atoms with van der Waals surface area (Å²) in [7, 11) is 0. The monoisotopic (exact) mass is 266 g/mol. The van der Waals surface area contributed by atoms with E-state index in [2.05, 4.69) is 50.4 Å². The average molecular weight is 266 g/mol. The zero-order chi connectivity index (χ0) is 13.5. The highest BCUT2D eigenvalue weighted by Gasteiger charge is 2.32. The van der Waals surface area contributed by atoms with Crippen LogP contribution in [-0.4, -0.2) is 9.55 Å². The van der Waals surface area contributed by atoms with Crippen LogP contribution in [0.2, 0.25) is 0 Å². The molecule has 0 aromatic carbocycles. The largest absolute Gasteiger partial charge is 0.337 e. The Morgan fingerprint density at radius 1 is 1.28 bits per heavy atom. The minimum atomic E-state index is 0.147. The lowest BCUT2D eigenvalue weighted by molar-refractivity contribution is 0.179. The lowest BCUT2D eigenvalue weighted by Gasteiger charge is -2.37. The first kappa shape index (κ1) is 13.9. The Hall–Kier alpha value is -0.570. The molecule has 1 aliphatic carbocycles. The predicted molar refractivity (Wildman–Crippen MR) is 79.5 cm³/mol. The quantitative estimate of drug-likeness (QED) is 0.721. The van der Waals surface area contributed by atoms with Gasteiger partial charge in [0.05, 0.1) is 0 Å². The maximum atomic E-state index is 5.52. The van der Waals surface area contributed by atoms with Crippen molar-refractivity contribution in [1.82, 2.24) is 9.55 Å². The second-order valence-electron chi connectivity index (χ2n) is 6.93. The van der Waals surface area contributed by atoms with Crippen molar-refractivity contribution in [1.29, 1.82) is 0 Å². The number of hydrogen-bond acceptors (Lipinski definition) is 1. The van der Waals surface area contributed by atoms with Crippen molar-refractivity contribution >= 4 is 12.2 Å². The molecule has 18 heavy (non-hydrogen) atoms. The van der Waals surface area contributed by atoms with Crippen molar-refractivity contribution < 1.29 is 0 Å². The van der Waals surface area contributed by atoms with E-state index in [4.69, 9.17) is 12.2 Å². The second kappa shape index (κ2) is 4.84. The SMILES string of the molecule is CC1CCCC(n2c(C(C)(C)C)c[nH]c2=S)C1C. The molecule has 3 heteroatoms. The van der Waals surface area contributed by atoms with E-state index >= 15 is 0 Å². The van der Waals surface area contributed by atoms with Crippen LogP contribution in [0.3, 0.4) is 0 Å². The van der Waals surface area contributed by atoms with Crippen LogP contribution in [0.5, 0.6) is 0 Å². The van der Waals surface area contributed by atoms with E-state index in [-0.39, 0.29) is 5.41 Å². The van der Waals surface area contributed by atoms with Crippen molar-refractivity contribution in [2.45, 2.75) is 65.3 Å². The molecule has 0 saturated heterocycles. The van der Waals surface area contributed by atoms with Crippen LogP contribution < -0.4 is 0 Å². The molecule has 1 N–H and O–H groups in total. The van der Waals surface area contributed by atoms with Gasteiger partial charge in [-0.25, -0.2) is 0 Å². The van der Waals surface area contributed by atoms with E-state index in [0.29, 0.717) is 12.0 Å². The summed E-state index contributed by atoms with van der Waals surface area (Å²) in [4.78, 5) is 3.25. The van der Waals surface area contributed by atoms with E-state index in [1.165, 1.54) is 25.0 Å². The molecule has 0 amide bonds. The summed E-state index contributed by atoms with van der Waals surface area (Å²) in [6, 6.07) is 0.571. The Morgan fingerprint density at radius 3 is 2.56 bits per heavy atom. The fraction of sp³-hybridized carbons (Fsp3) is 0.800. The van der Waals surface area contributed by atoms with E-state index in [9.17, 15) is 0 Å². The van der Waals surface area contributed by atoms with E-state index in [1.807, 2.05) is 0 Å². The summed E-state index contributed by atoms with van der Waals surface area (Å²) < 4.78 is 3.29. The van der Waals surface area contributed by atoms with Crippen LogP contribution >= 0.6 is 12.2 Å². The van der Waals surface area contributed by atoms with Gasteiger partial charge in [0.15, 0.2) is 4.77 Å². The molecule has 1 aromatic heterocycles. The number of H-pyrrole nitrogens is 1. The molecule has 0 radical (unpaired) electrons. The van der Waals surface area contributed by atoms with E-state index in [1.54, 1.807) is 0 Å². The van der Waals surface area contributed by atoms with Gasteiger partial charge in [-0.05, 0) is 30.5 Å². The van der Waals surface area contributed by atoms with Gasteiger partial charge in [0, 0.05) is 23.3 Å². The molecule has 1 fully saturated rings. The Morgan fingerprint density at radius 2 is 1.94 bits per heavy atom. The topological polar surface area (TPSA) is 20.7 Å².